The van der Waals surface area contributed by atoms with Crippen LogP contribution in [0.2, 0.25) is 0 Å². The van der Waals surface area contributed by atoms with E-state index >= 15 is 0 Å². The molecule has 1 aromatic carbocycles. The Balaban J connectivity index is 3.15. The van der Waals surface area contributed by atoms with Crippen molar-refractivity contribution in [3.63, 3.8) is 0 Å². The van der Waals surface area contributed by atoms with Crippen molar-refractivity contribution >= 4 is 5.69 Å². The minimum atomic E-state index is -4.32. The number of rotatable bonds is 7. The van der Waals surface area contributed by atoms with Crippen LogP contribution < -0.4 is 10.2 Å². The Morgan fingerprint density at radius 2 is 1.76 bits per heavy atom. The van der Waals surface area contributed by atoms with Crippen LogP contribution in [0.3, 0.4) is 0 Å². The van der Waals surface area contributed by atoms with Crippen molar-refractivity contribution in [2.75, 3.05) is 18.5 Å². The SMILES string of the molecule is CCNCc1ccc(N(C)C(CC)CC)cc1C(F)(F)F. The molecule has 0 aliphatic carbocycles. The first-order chi connectivity index (χ1) is 9.85. The molecule has 0 amide bonds. The number of hydrogen-bond acceptors (Lipinski definition) is 2. The van der Waals surface area contributed by atoms with Gasteiger partial charge in [0.2, 0.25) is 0 Å². The van der Waals surface area contributed by atoms with Gasteiger partial charge in [-0.1, -0.05) is 26.8 Å². The zero-order chi connectivity index (χ0) is 16.0. The van der Waals surface area contributed by atoms with Gasteiger partial charge in [0.15, 0.2) is 0 Å². The minimum Gasteiger partial charge on any atom is -0.372 e. The minimum absolute atomic E-state index is 0.236. The second-order valence-electron chi connectivity index (χ2n) is 5.20. The molecule has 1 aromatic rings. The normalized spacial score (nSPS) is 12.0. The zero-order valence-corrected chi connectivity index (χ0v) is 13.2. The number of alkyl halides is 3. The average Bonchev–Trinajstić information content (AvgIpc) is 2.45. The van der Waals surface area contributed by atoms with E-state index in [9.17, 15) is 13.2 Å². The number of hydrogen-bond donors (Lipinski definition) is 1. The van der Waals surface area contributed by atoms with Gasteiger partial charge >= 0.3 is 6.18 Å². The third-order valence-electron chi connectivity index (χ3n) is 3.86. The van der Waals surface area contributed by atoms with Crippen LogP contribution in [0, 0.1) is 0 Å². The van der Waals surface area contributed by atoms with Crippen LogP contribution in [-0.4, -0.2) is 19.6 Å². The molecular weight excluding hydrogens is 277 g/mol. The van der Waals surface area contributed by atoms with Gasteiger partial charge in [-0.25, -0.2) is 0 Å². The molecule has 2 nitrogen and oxygen atoms in total. The molecule has 0 aromatic heterocycles. The van der Waals surface area contributed by atoms with Gasteiger partial charge < -0.3 is 10.2 Å². The van der Waals surface area contributed by atoms with Crippen molar-refractivity contribution in [2.24, 2.45) is 0 Å². The smallest absolute Gasteiger partial charge is 0.372 e. The quantitative estimate of drug-likeness (QED) is 0.801. The van der Waals surface area contributed by atoms with E-state index in [1.807, 2.05) is 18.9 Å². The molecule has 0 unspecified atom stereocenters. The first-order valence-electron chi connectivity index (χ1n) is 7.48. The lowest BCUT2D eigenvalue weighted by Crippen LogP contribution is -2.30. The van der Waals surface area contributed by atoms with E-state index in [0.29, 0.717) is 17.8 Å². The summed E-state index contributed by atoms with van der Waals surface area (Å²) in [4.78, 5) is 1.94. The topological polar surface area (TPSA) is 15.3 Å². The first kappa shape index (κ1) is 17.8. The molecular formula is C16H25F3N2. The molecule has 0 spiro atoms. The first-order valence-corrected chi connectivity index (χ1v) is 7.48. The standard InChI is InChI=1S/C16H25F3N2/c1-5-13(6-2)21(4)14-9-8-12(11-20-7-3)15(10-14)16(17,18)19/h8-10,13,20H,5-7,11H2,1-4H3. The molecule has 0 aliphatic rings. The zero-order valence-electron chi connectivity index (χ0n) is 13.2. The van der Waals surface area contributed by atoms with Crippen molar-refractivity contribution in [3.8, 4) is 0 Å². The highest BCUT2D eigenvalue weighted by Crippen LogP contribution is 2.35. The Hall–Kier alpha value is -1.23. The van der Waals surface area contributed by atoms with Crippen LogP contribution in [0.25, 0.3) is 0 Å². The Bertz CT molecular complexity index is 440. The molecule has 120 valence electrons. The highest BCUT2D eigenvalue weighted by atomic mass is 19.4. The molecule has 0 heterocycles. The summed E-state index contributed by atoms with van der Waals surface area (Å²) in [7, 11) is 1.86. The van der Waals surface area contributed by atoms with Crippen LogP contribution in [0.5, 0.6) is 0 Å². The lowest BCUT2D eigenvalue weighted by Gasteiger charge is -2.29. The van der Waals surface area contributed by atoms with Gasteiger partial charge in [0.05, 0.1) is 5.56 Å². The van der Waals surface area contributed by atoms with Crippen molar-refractivity contribution in [1.82, 2.24) is 5.32 Å². The number of anilines is 1. The monoisotopic (exact) mass is 302 g/mol. The number of halogens is 3. The maximum atomic E-state index is 13.2. The fraction of sp³-hybridized carbons (Fsp3) is 0.625. The molecule has 1 N–H and O–H groups in total. The van der Waals surface area contributed by atoms with Crippen molar-refractivity contribution in [2.45, 2.75) is 52.4 Å². The lowest BCUT2D eigenvalue weighted by molar-refractivity contribution is -0.138. The molecule has 0 radical (unpaired) electrons. The Kier molecular flexibility index (Phi) is 6.52. The molecule has 0 saturated heterocycles. The van der Waals surface area contributed by atoms with E-state index in [1.165, 1.54) is 6.07 Å². The van der Waals surface area contributed by atoms with Crippen molar-refractivity contribution < 1.29 is 13.2 Å². The third-order valence-corrected chi connectivity index (χ3v) is 3.86. The van der Waals surface area contributed by atoms with Crippen LogP contribution >= 0.6 is 0 Å². The molecule has 0 bridgehead atoms. The van der Waals surface area contributed by atoms with Gasteiger partial charge in [0.25, 0.3) is 0 Å². The van der Waals surface area contributed by atoms with Crippen molar-refractivity contribution in [3.05, 3.63) is 29.3 Å². The fourth-order valence-electron chi connectivity index (χ4n) is 2.51. The summed E-state index contributed by atoms with van der Waals surface area (Å²) in [5.74, 6) is 0. The summed E-state index contributed by atoms with van der Waals surface area (Å²) in [6.45, 7) is 6.86. The van der Waals surface area contributed by atoms with Gasteiger partial charge in [-0.15, -0.1) is 0 Å². The van der Waals surface area contributed by atoms with E-state index in [2.05, 4.69) is 19.2 Å². The summed E-state index contributed by atoms with van der Waals surface area (Å²) in [5.41, 5.74) is 0.376. The molecule has 0 aliphatic heterocycles. The maximum absolute atomic E-state index is 13.2. The van der Waals surface area contributed by atoms with Gasteiger partial charge in [-0.05, 0) is 37.1 Å². The van der Waals surface area contributed by atoms with Gasteiger partial charge in [-0.2, -0.15) is 13.2 Å². The summed E-state index contributed by atoms with van der Waals surface area (Å²) in [6, 6.07) is 4.89. The van der Waals surface area contributed by atoms with Gasteiger partial charge in [0.1, 0.15) is 0 Å². The Morgan fingerprint density at radius 1 is 1.14 bits per heavy atom. The largest absolute Gasteiger partial charge is 0.416 e. The van der Waals surface area contributed by atoms with Gasteiger partial charge in [-0.3, -0.25) is 0 Å². The Morgan fingerprint density at radius 3 is 2.24 bits per heavy atom. The molecule has 5 heteroatoms. The van der Waals surface area contributed by atoms with E-state index in [1.54, 1.807) is 12.1 Å². The highest BCUT2D eigenvalue weighted by molar-refractivity contribution is 5.52. The van der Waals surface area contributed by atoms with Crippen LogP contribution in [0.4, 0.5) is 18.9 Å². The molecule has 0 atom stereocenters. The van der Waals surface area contributed by atoms with Gasteiger partial charge in [0, 0.05) is 25.3 Å². The average molecular weight is 302 g/mol. The second-order valence-corrected chi connectivity index (χ2v) is 5.20. The van der Waals surface area contributed by atoms with Crippen LogP contribution in [0.15, 0.2) is 18.2 Å². The van der Waals surface area contributed by atoms with Crippen LogP contribution in [0.1, 0.15) is 44.7 Å². The van der Waals surface area contributed by atoms with E-state index in [4.69, 9.17) is 0 Å². The number of nitrogens with zero attached hydrogens (tertiary/aromatic N) is 1. The highest BCUT2D eigenvalue weighted by Gasteiger charge is 2.33. The lowest BCUT2D eigenvalue weighted by atomic mass is 10.0. The summed E-state index contributed by atoms with van der Waals surface area (Å²) in [5, 5.41) is 2.96. The predicted molar refractivity (Wildman–Crippen MR) is 81.6 cm³/mol. The summed E-state index contributed by atoms with van der Waals surface area (Å²) >= 11 is 0. The van der Waals surface area contributed by atoms with Crippen molar-refractivity contribution in [1.29, 1.82) is 0 Å². The van der Waals surface area contributed by atoms with E-state index in [-0.39, 0.29) is 12.6 Å². The molecule has 0 fully saturated rings. The van der Waals surface area contributed by atoms with E-state index < -0.39 is 11.7 Å². The Labute approximate surface area is 125 Å². The summed E-state index contributed by atoms with van der Waals surface area (Å²) < 4.78 is 39.7. The predicted octanol–water partition coefficient (Wildman–Crippen LogP) is 4.44. The summed E-state index contributed by atoms with van der Waals surface area (Å²) in [6.07, 6.45) is -2.50. The number of nitrogens with one attached hydrogen (secondary N) is 1. The third kappa shape index (κ3) is 4.63. The van der Waals surface area contributed by atoms with Crippen LogP contribution in [-0.2, 0) is 12.7 Å². The molecule has 0 saturated carbocycles. The molecule has 1 rings (SSSR count). The van der Waals surface area contributed by atoms with E-state index in [0.717, 1.165) is 12.8 Å². The second kappa shape index (κ2) is 7.69. The number of benzene rings is 1. The molecule has 21 heavy (non-hydrogen) atoms. The maximum Gasteiger partial charge on any atom is 0.416 e. The fourth-order valence-corrected chi connectivity index (χ4v) is 2.51.